The highest BCUT2D eigenvalue weighted by molar-refractivity contribution is 5.94. The number of nitrogens with zero attached hydrogens (tertiary/aromatic N) is 3. The molecule has 0 aromatic heterocycles. The quantitative estimate of drug-likeness (QED) is 0.0275. The number of nitrogens with one attached hydrogen (secondary N) is 7. The highest BCUT2D eigenvalue weighted by atomic mass is 16.4. The molecule has 0 unspecified atom stereocenters. The third-order valence-electron chi connectivity index (χ3n) is 7.61. The zero-order valence-electron chi connectivity index (χ0n) is 32.6. The molecule has 0 aliphatic heterocycles. The highest BCUT2D eigenvalue weighted by Gasteiger charge is 2.24. The van der Waals surface area contributed by atoms with E-state index in [4.69, 9.17) is 5.11 Å². The van der Waals surface area contributed by atoms with Crippen LogP contribution in [-0.4, -0.2) is 197 Å². The second-order valence-electron chi connectivity index (χ2n) is 12.5. The maximum Gasteiger partial charge on any atom is 0.323 e. The summed E-state index contributed by atoms with van der Waals surface area (Å²) in [6.45, 7) is -7.45. The monoisotopic (exact) mass is 866 g/mol. The number of carboxylic acid groups (broad SMARTS) is 3. The number of carboxylic acids is 3. The number of amides is 10. The number of benzene rings is 1. The van der Waals surface area contributed by atoms with Gasteiger partial charge in [-0.3, -0.25) is 62.3 Å². The normalized spacial score (nSPS) is 10.6. The van der Waals surface area contributed by atoms with E-state index in [9.17, 15) is 77.6 Å². The Bertz CT molecular complexity index is 1810. The number of phenolic OH excluding ortho intramolecular Hbond substituents is 1. The van der Waals surface area contributed by atoms with Crippen LogP contribution in [0.5, 0.6) is 5.75 Å². The minimum absolute atomic E-state index is 0.00271. The van der Waals surface area contributed by atoms with Crippen molar-refractivity contribution >= 4 is 77.5 Å². The first-order chi connectivity index (χ1) is 28.7. The van der Waals surface area contributed by atoms with E-state index in [-0.39, 0.29) is 31.7 Å². The lowest BCUT2D eigenvalue weighted by molar-refractivity contribution is -0.146. The topological polar surface area (TPSA) is 397 Å². The number of aliphatic carboxylic acids is 3. The number of hydrogen-bond donors (Lipinski definition) is 11. The Labute approximate surface area is 345 Å². The maximum atomic E-state index is 12.7. The van der Waals surface area contributed by atoms with Crippen molar-refractivity contribution in [2.45, 2.75) is 19.4 Å². The SMILES string of the molecule is CC(=O)N(CC(=O)O)CC(=O)NCCNC(=O)CN(CC(=O)O)C(=O)CNC(=O)CNC(=O)CN(CC(=O)O)C(=O)CNC(=O)CNC(=O)[C@H](Cc1ccc(O)cc1)NC=O. The first-order valence-electron chi connectivity index (χ1n) is 17.8. The fourth-order valence-corrected chi connectivity index (χ4v) is 4.67. The fraction of sp³-hybridized carbons (Fsp3) is 0.441. The Kier molecular flexibility index (Phi) is 22.6. The van der Waals surface area contributed by atoms with Gasteiger partial charge in [0.25, 0.3) is 0 Å². The molecule has 0 aliphatic rings. The van der Waals surface area contributed by atoms with Crippen LogP contribution in [0, 0.1) is 0 Å². The van der Waals surface area contributed by atoms with Gasteiger partial charge in [0.1, 0.15) is 51.1 Å². The molecule has 0 radical (unpaired) electrons. The van der Waals surface area contributed by atoms with Gasteiger partial charge in [-0.15, -0.1) is 0 Å². The summed E-state index contributed by atoms with van der Waals surface area (Å²) in [4.78, 5) is 157. The molecule has 0 fully saturated rings. The van der Waals surface area contributed by atoms with Crippen LogP contribution in [0.2, 0.25) is 0 Å². The molecule has 1 aromatic rings. The van der Waals surface area contributed by atoms with Gasteiger partial charge in [0, 0.05) is 26.4 Å². The van der Waals surface area contributed by atoms with Gasteiger partial charge in [0.05, 0.1) is 26.2 Å². The summed E-state index contributed by atoms with van der Waals surface area (Å²) < 4.78 is 0. The zero-order chi connectivity index (χ0) is 46.1. The predicted octanol–water partition coefficient (Wildman–Crippen LogP) is -7.49. The molecule has 1 atom stereocenters. The molecule has 0 spiro atoms. The number of phenols is 1. The highest BCUT2D eigenvalue weighted by Crippen LogP contribution is 2.11. The van der Waals surface area contributed by atoms with E-state index in [1.54, 1.807) is 0 Å². The Morgan fingerprint density at radius 2 is 0.934 bits per heavy atom. The van der Waals surface area contributed by atoms with E-state index >= 15 is 0 Å². The molecule has 10 amide bonds. The van der Waals surface area contributed by atoms with Crippen molar-refractivity contribution in [1.29, 1.82) is 0 Å². The number of hydrogen-bond acceptors (Lipinski definition) is 14. The summed E-state index contributed by atoms with van der Waals surface area (Å²) in [6, 6.07) is 4.65. The second kappa shape index (κ2) is 26.9. The molecule has 1 aromatic carbocycles. The van der Waals surface area contributed by atoms with Crippen molar-refractivity contribution in [3.8, 4) is 5.75 Å². The molecule has 61 heavy (non-hydrogen) atoms. The van der Waals surface area contributed by atoms with E-state index in [0.717, 1.165) is 11.8 Å². The minimum Gasteiger partial charge on any atom is -0.508 e. The largest absolute Gasteiger partial charge is 0.508 e. The van der Waals surface area contributed by atoms with Gasteiger partial charge >= 0.3 is 17.9 Å². The van der Waals surface area contributed by atoms with Gasteiger partial charge in [-0.2, -0.15) is 0 Å². The van der Waals surface area contributed by atoms with Crippen LogP contribution in [0.1, 0.15) is 12.5 Å². The first kappa shape index (κ1) is 51.1. The maximum absolute atomic E-state index is 12.7. The molecule has 0 heterocycles. The summed E-state index contributed by atoms with van der Waals surface area (Å²) >= 11 is 0. The molecule has 27 heteroatoms. The van der Waals surface area contributed by atoms with Crippen LogP contribution in [0.25, 0.3) is 0 Å². The zero-order valence-corrected chi connectivity index (χ0v) is 32.6. The van der Waals surface area contributed by atoms with Gasteiger partial charge in [0.15, 0.2) is 0 Å². The summed E-state index contributed by atoms with van der Waals surface area (Å²) in [6.07, 6.45) is 0.276. The van der Waals surface area contributed by atoms with Crippen LogP contribution >= 0.6 is 0 Å². The lowest BCUT2D eigenvalue weighted by Crippen LogP contribution is -2.51. The summed E-state index contributed by atoms with van der Waals surface area (Å²) in [5.41, 5.74) is 0.570. The van der Waals surface area contributed by atoms with Crippen LogP contribution < -0.4 is 37.2 Å². The standard InChI is InChI=1S/C34H46N10O17/c1-20(46)42(16-31(55)56)13-26(50)35-6-7-36-27(51)14-43(17-32(57)58)29(53)11-38-24(48)9-37-28(52)15-44(18-33(59)60)30(54)12-39-25(49)10-40-34(61)23(41-19-45)8-21-2-4-22(47)5-3-21/h2-5,19,23,47H,6-18H2,1H3,(H,35,50)(H,36,51)(H,37,52)(H,38,48)(H,39,49)(H,40,61)(H,41,45)(H,55,56)(H,57,58)(H,59,60)/t23-/m0/s1. The molecule has 0 saturated heterocycles. The van der Waals surface area contributed by atoms with E-state index in [0.29, 0.717) is 15.4 Å². The summed E-state index contributed by atoms with van der Waals surface area (Å²) in [5, 5.41) is 52.1. The van der Waals surface area contributed by atoms with Crippen LogP contribution in [0.15, 0.2) is 24.3 Å². The predicted molar refractivity (Wildman–Crippen MR) is 201 cm³/mol. The van der Waals surface area contributed by atoms with Crippen molar-refractivity contribution in [2.75, 3.05) is 78.5 Å². The molecule has 0 saturated carbocycles. The van der Waals surface area contributed by atoms with Gasteiger partial charge in [-0.1, -0.05) is 12.1 Å². The molecule has 334 valence electrons. The average molecular weight is 867 g/mol. The Balaban J connectivity index is 2.57. The Morgan fingerprint density at radius 1 is 0.541 bits per heavy atom. The summed E-state index contributed by atoms with van der Waals surface area (Å²) in [7, 11) is 0. The van der Waals surface area contributed by atoms with Gasteiger partial charge in [0.2, 0.25) is 59.6 Å². The fourth-order valence-electron chi connectivity index (χ4n) is 4.67. The van der Waals surface area contributed by atoms with E-state index in [1.165, 1.54) is 24.3 Å². The number of carbonyl (C=O) groups is 13. The van der Waals surface area contributed by atoms with E-state index in [2.05, 4.69) is 37.2 Å². The lowest BCUT2D eigenvalue weighted by Gasteiger charge is -2.21. The van der Waals surface area contributed by atoms with E-state index < -0.39 is 143 Å². The molecule has 0 bridgehead atoms. The first-order valence-corrected chi connectivity index (χ1v) is 17.8. The van der Waals surface area contributed by atoms with Crippen molar-refractivity contribution in [3.63, 3.8) is 0 Å². The second-order valence-corrected chi connectivity index (χ2v) is 12.5. The van der Waals surface area contributed by atoms with Crippen LogP contribution in [0.4, 0.5) is 0 Å². The minimum atomic E-state index is -1.54. The molecular weight excluding hydrogens is 820 g/mol. The number of carbonyl (C=O) groups excluding carboxylic acids is 10. The van der Waals surface area contributed by atoms with Crippen molar-refractivity contribution < 1.29 is 82.8 Å². The lowest BCUT2D eigenvalue weighted by atomic mass is 10.1. The van der Waals surface area contributed by atoms with Gasteiger partial charge in [-0.25, -0.2) is 0 Å². The summed E-state index contributed by atoms with van der Waals surface area (Å²) in [5.74, 6) is -12.5. The molecule has 27 nitrogen and oxygen atoms in total. The smallest absolute Gasteiger partial charge is 0.323 e. The molecule has 11 N–H and O–H groups in total. The number of rotatable bonds is 28. The number of aromatic hydroxyl groups is 1. The molecule has 0 aliphatic carbocycles. The van der Waals surface area contributed by atoms with Crippen molar-refractivity contribution in [1.82, 2.24) is 51.9 Å². The van der Waals surface area contributed by atoms with Crippen molar-refractivity contribution in [2.24, 2.45) is 0 Å². The van der Waals surface area contributed by atoms with Crippen LogP contribution in [0.3, 0.4) is 0 Å². The van der Waals surface area contributed by atoms with Gasteiger partial charge < -0.3 is 72.3 Å². The molecule has 1 rings (SSSR count). The Morgan fingerprint density at radius 3 is 1.36 bits per heavy atom. The van der Waals surface area contributed by atoms with E-state index in [1.807, 2.05) is 0 Å². The third kappa shape index (κ3) is 22.6. The third-order valence-corrected chi connectivity index (χ3v) is 7.61. The van der Waals surface area contributed by atoms with Crippen molar-refractivity contribution in [3.05, 3.63) is 29.8 Å². The Hall–Kier alpha value is -7.87. The average Bonchev–Trinajstić information content (AvgIpc) is 3.18. The van der Waals surface area contributed by atoms with Crippen LogP contribution in [-0.2, 0) is 68.7 Å². The van der Waals surface area contributed by atoms with Gasteiger partial charge in [-0.05, 0) is 17.7 Å². The molecular formula is C34H46N10O17.